The van der Waals surface area contributed by atoms with Crippen molar-refractivity contribution in [1.29, 1.82) is 5.26 Å². The Labute approximate surface area is 185 Å². The van der Waals surface area contributed by atoms with Crippen LogP contribution in [0.25, 0.3) is 0 Å². The third-order valence-corrected chi connectivity index (χ3v) is 10.7. The van der Waals surface area contributed by atoms with Crippen molar-refractivity contribution in [1.82, 2.24) is 0 Å². The van der Waals surface area contributed by atoms with Gasteiger partial charge in [-0.1, -0.05) is 65.5 Å². The van der Waals surface area contributed by atoms with Gasteiger partial charge in [0, 0.05) is 0 Å². The maximum absolute atomic E-state index is 10.4. The highest BCUT2D eigenvalue weighted by molar-refractivity contribution is 5.32. The lowest BCUT2D eigenvalue weighted by Gasteiger charge is -2.60. The highest BCUT2D eigenvalue weighted by Crippen LogP contribution is 2.69. The minimum absolute atomic E-state index is 0.0490. The predicted molar refractivity (Wildman–Crippen MR) is 124 cm³/mol. The fourth-order valence-electron chi connectivity index (χ4n) is 8.77. The molecule has 0 aromatic rings. The molecule has 0 aromatic carbocycles. The molecule has 2 heteroatoms. The second-order valence-corrected chi connectivity index (χ2v) is 12.6. The quantitative estimate of drug-likeness (QED) is 0.483. The average Bonchev–Trinajstić information content (AvgIpc) is 3.05. The molecule has 0 unspecified atom stereocenters. The van der Waals surface area contributed by atoms with Crippen molar-refractivity contribution in [3.05, 3.63) is 11.6 Å². The normalized spacial score (nSPS) is 46.4. The number of fused-ring (bicyclic) bond motifs is 5. The molecular weight excluding hydrogens is 366 g/mol. The summed E-state index contributed by atoms with van der Waals surface area (Å²) in [5, 5.41) is 20.6. The second-order valence-electron chi connectivity index (χ2n) is 12.6. The molecule has 168 valence electrons. The van der Waals surface area contributed by atoms with Gasteiger partial charge in [0.15, 0.2) is 0 Å². The van der Waals surface area contributed by atoms with Crippen molar-refractivity contribution in [2.45, 2.75) is 111 Å². The van der Waals surface area contributed by atoms with E-state index < -0.39 is 0 Å². The minimum atomic E-state index is -0.352. The summed E-state index contributed by atoms with van der Waals surface area (Å²) in [6.45, 7) is 12.2. The minimum Gasteiger partial charge on any atom is -0.393 e. The number of hydrogen-bond acceptors (Lipinski definition) is 2. The molecule has 4 aliphatic carbocycles. The molecule has 1 N–H and O–H groups in total. The maximum Gasteiger partial charge on any atom is 0.0700 e. The van der Waals surface area contributed by atoms with Gasteiger partial charge >= 0.3 is 0 Å². The maximum atomic E-state index is 10.4. The highest BCUT2D eigenvalue weighted by atomic mass is 16.3. The molecule has 3 fully saturated rings. The van der Waals surface area contributed by atoms with Crippen molar-refractivity contribution >= 4 is 0 Å². The fourth-order valence-corrected chi connectivity index (χ4v) is 8.77. The van der Waals surface area contributed by atoms with Gasteiger partial charge in [-0.25, -0.2) is 0 Å². The molecule has 2 nitrogen and oxygen atoms in total. The summed E-state index contributed by atoms with van der Waals surface area (Å²) in [6, 6.07) is 2.75. The van der Waals surface area contributed by atoms with Crippen LogP contribution in [-0.4, -0.2) is 11.2 Å². The van der Waals surface area contributed by atoms with Crippen molar-refractivity contribution in [2.24, 2.45) is 45.8 Å². The van der Waals surface area contributed by atoms with Crippen LogP contribution < -0.4 is 0 Å². The Balaban J connectivity index is 1.56. The van der Waals surface area contributed by atoms with Crippen LogP contribution in [0.3, 0.4) is 0 Å². The molecule has 0 heterocycles. The van der Waals surface area contributed by atoms with E-state index in [0.717, 1.165) is 42.9 Å². The van der Waals surface area contributed by atoms with Crippen LogP contribution in [0, 0.1) is 57.2 Å². The Morgan fingerprint density at radius 2 is 1.83 bits per heavy atom. The van der Waals surface area contributed by atoms with E-state index in [1.54, 1.807) is 5.57 Å². The third kappa shape index (κ3) is 3.30. The first kappa shape index (κ1) is 22.4. The number of aliphatic hydroxyl groups excluding tert-OH is 1. The number of allylic oxidation sites excluding steroid dienone is 2. The molecule has 4 aliphatic rings. The summed E-state index contributed by atoms with van der Waals surface area (Å²) in [5.41, 5.74) is 1.88. The van der Waals surface area contributed by atoms with Gasteiger partial charge in [0.25, 0.3) is 0 Å². The van der Waals surface area contributed by atoms with E-state index in [9.17, 15) is 10.4 Å². The molecule has 8 atom stereocenters. The molecule has 3 saturated carbocycles. The lowest BCUT2D eigenvalue weighted by atomic mass is 9.43. The van der Waals surface area contributed by atoms with Gasteiger partial charge in [-0.05, 0) is 91.8 Å². The van der Waals surface area contributed by atoms with Crippen LogP contribution >= 0.6 is 0 Å². The summed E-state index contributed by atoms with van der Waals surface area (Å²) in [6.07, 6.45) is 15.1. The van der Waals surface area contributed by atoms with E-state index in [1.165, 1.54) is 44.9 Å². The molecule has 0 radical (unpaired) electrons. The number of hydrogen-bond donors (Lipinski definition) is 1. The van der Waals surface area contributed by atoms with E-state index in [4.69, 9.17) is 0 Å². The summed E-state index contributed by atoms with van der Waals surface area (Å²) >= 11 is 0. The Hall–Kier alpha value is -0.810. The fraction of sp³-hybridized carbons (Fsp3) is 0.893. The molecule has 0 aromatic heterocycles. The zero-order chi connectivity index (χ0) is 21.7. The topological polar surface area (TPSA) is 44.0 Å². The monoisotopic (exact) mass is 411 g/mol. The van der Waals surface area contributed by atoms with Gasteiger partial charge in [0.1, 0.15) is 0 Å². The zero-order valence-electron chi connectivity index (χ0n) is 20.2. The number of nitriles is 1. The number of nitrogens with zero attached hydrogens (tertiary/aromatic N) is 1. The zero-order valence-corrected chi connectivity index (χ0v) is 20.2. The summed E-state index contributed by atoms with van der Waals surface area (Å²) in [7, 11) is 0. The standard InChI is InChI=1S/C28H45NO/c1-19(2)7-6-8-20(3)23-9-10-24-22-12-16-28(18-29)17-21(30)11-15-27(28,5)25(22)13-14-26(23,24)4/h12,19-21,23-25,30H,6-11,13-17H2,1-5H3/t20-,21+,23-,24+,25+,26-,27-,28-/m1/s1. The lowest BCUT2D eigenvalue weighted by Crippen LogP contribution is -2.55. The third-order valence-electron chi connectivity index (χ3n) is 10.7. The van der Waals surface area contributed by atoms with Crippen LogP contribution in [0.4, 0.5) is 0 Å². The number of rotatable bonds is 5. The Morgan fingerprint density at radius 1 is 1.07 bits per heavy atom. The SMILES string of the molecule is CC(C)CCC[C@@H](C)[C@H]1CC[C@H]2C3=CC[C@]4(C#N)C[C@@H](O)CC[C@]4(C)[C@H]3CC[C@]12C. The molecule has 0 spiro atoms. The first-order valence-electron chi connectivity index (χ1n) is 13.0. The number of aliphatic hydroxyl groups is 1. The van der Waals surface area contributed by atoms with Crippen molar-refractivity contribution in [3.8, 4) is 6.07 Å². The Morgan fingerprint density at radius 3 is 2.53 bits per heavy atom. The van der Waals surface area contributed by atoms with Crippen LogP contribution in [0.5, 0.6) is 0 Å². The first-order chi connectivity index (χ1) is 14.2. The van der Waals surface area contributed by atoms with E-state index in [1.807, 2.05) is 0 Å². The molecule has 0 saturated heterocycles. The molecule has 0 amide bonds. The van der Waals surface area contributed by atoms with Gasteiger partial charge in [0.05, 0.1) is 17.6 Å². The van der Waals surface area contributed by atoms with Gasteiger partial charge < -0.3 is 5.11 Å². The molecule has 30 heavy (non-hydrogen) atoms. The molecule has 0 bridgehead atoms. The van der Waals surface area contributed by atoms with Crippen molar-refractivity contribution in [2.75, 3.05) is 0 Å². The molecular formula is C28H45NO. The Kier molecular flexibility index (Phi) is 5.93. The van der Waals surface area contributed by atoms with E-state index in [2.05, 4.69) is 46.8 Å². The summed E-state index contributed by atoms with van der Waals surface area (Å²) < 4.78 is 0. The van der Waals surface area contributed by atoms with Gasteiger partial charge in [0.2, 0.25) is 0 Å². The van der Waals surface area contributed by atoms with Gasteiger partial charge in [-0.2, -0.15) is 5.26 Å². The predicted octanol–water partition coefficient (Wildman–Crippen LogP) is 7.28. The van der Waals surface area contributed by atoms with Crippen molar-refractivity contribution in [3.63, 3.8) is 0 Å². The smallest absolute Gasteiger partial charge is 0.0700 e. The van der Waals surface area contributed by atoms with Crippen LogP contribution in [0.1, 0.15) is 105 Å². The summed E-state index contributed by atoms with van der Waals surface area (Å²) in [5.74, 6) is 3.81. The van der Waals surface area contributed by atoms with E-state index in [-0.39, 0.29) is 16.9 Å². The van der Waals surface area contributed by atoms with E-state index >= 15 is 0 Å². The van der Waals surface area contributed by atoms with E-state index in [0.29, 0.717) is 17.8 Å². The largest absolute Gasteiger partial charge is 0.393 e. The summed E-state index contributed by atoms with van der Waals surface area (Å²) in [4.78, 5) is 0. The lowest BCUT2D eigenvalue weighted by molar-refractivity contribution is -0.0775. The van der Waals surface area contributed by atoms with Gasteiger partial charge in [-0.15, -0.1) is 0 Å². The van der Waals surface area contributed by atoms with Crippen LogP contribution in [0.2, 0.25) is 0 Å². The average molecular weight is 412 g/mol. The van der Waals surface area contributed by atoms with Crippen LogP contribution in [0.15, 0.2) is 11.6 Å². The molecule has 0 aliphatic heterocycles. The Bertz CT molecular complexity index is 719. The van der Waals surface area contributed by atoms with Crippen LogP contribution in [-0.2, 0) is 0 Å². The highest BCUT2D eigenvalue weighted by Gasteiger charge is 2.62. The first-order valence-corrected chi connectivity index (χ1v) is 13.0. The van der Waals surface area contributed by atoms with Crippen molar-refractivity contribution < 1.29 is 5.11 Å². The van der Waals surface area contributed by atoms with Gasteiger partial charge in [-0.3, -0.25) is 0 Å². The molecule has 4 rings (SSSR count). The second kappa shape index (κ2) is 7.95.